The van der Waals surface area contributed by atoms with Gasteiger partial charge in [0, 0.05) is 25.2 Å². The van der Waals surface area contributed by atoms with Crippen LogP contribution in [0.15, 0.2) is 0 Å². The molecule has 1 aliphatic heterocycles. The lowest BCUT2D eigenvalue weighted by Crippen LogP contribution is -2.40. The molecule has 2 atom stereocenters. The maximum atomic E-state index is 11.8. The minimum atomic E-state index is -4.51. The summed E-state index contributed by atoms with van der Waals surface area (Å²) >= 11 is 0. The van der Waals surface area contributed by atoms with Crippen LogP contribution in [0.25, 0.3) is 0 Å². The Morgan fingerprint density at radius 2 is 2.06 bits per heavy atom. The predicted octanol–water partition coefficient (Wildman–Crippen LogP) is 1.60. The number of alkyl halides is 3. The SMILES string of the molecule is CC1CN(CCOC(F)(F)F)C(C)CCN1. The third-order valence-electron chi connectivity index (χ3n) is 2.83. The standard InChI is InChI=1S/C10H19F3N2O/c1-8-7-15(9(2)3-4-14-8)5-6-16-10(11,12)13/h8-9,14H,3-7H2,1-2H3. The average Bonchev–Trinajstić information content (AvgIpc) is 2.27. The molecule has 1 fully saturated rings. The zero-order valence-electron chi connectivity index (χ0n) is 9.68. The molecule has 0 aromatic rings. The molecule has 0 amide bonds. The van der Waals surface area contributed by atoms with E-state index in [1.165, 1.54) is 0 Å². The smallest absolute Gasteiger partial charge is 0.313 e. The van der Waals surface area contributed by atoms with Gasteiger partial charge in [-0.05, 0) is 26.8 Å². The van der Waals surface area contributed by atoms with Crippen molar-refractivity contribution in [2.75, 3.05) is 26.2 Å². The Kier molecular flexibility index (Phi) is 5.01. The van der Waals surface area contributed by atoms with Crippen LogP contribution in [0.2, 0.25) is 0 Å². The molecule has 0 saturated carbocycles. The normalized spacial score (nSPS) is 29.1. The van der Waals surface area contributed by atoms with Crippen LogP contribution in [-0.2, 0) is 4.74 Å². The van der Waals surface area contributed by atoms with Crippen LogP contribution < -0.4 is 5.32 Å². The second kappa shape index (κ2) is 5.84. The monoisotopic (exact) mass is 240 g/mol. The van der Waals surface area contributed by atoms with Crippen LogP contribution in [0.4, 0.5) is 13.2 Å². The fraction of sp³-hybridized carbons (Fsp3) is 1.00. The molecular formula is C10H19F3N2O. The van der Waals surface area contributed by atoms with Crippen molar-refractivity contribution in [3.8, 4) is 0 Å². The first kappa shape index (κ1) is 13.7. The quantitative estimate of drug-likeness (QED) is 0.811. The number of nitrogens with zero attached hydrogens (tertiary/aromatic N) is 1. The lowest BCUT2D eigenvalue weighted by Gasteiger charge is -2.27. The first-order valence-electron chi connectivity index (χ1n) is 5.56. The number of hydrogen-bond acceptors (Lipinski definition) is 3. The van der Waals surface area contributed by atoms with Crippen LogP contribution >= 0.6 is 0 Å². The van der Waals surface area contributed by atoms with Gasteiger partial charge < -0.3 is 5.32 Å². The summed E-state index contributed by atoms with van der Waals surface area (Å²) in [7, 11) is 0. The fourth-order valence-electron chi connectivity index (χ4n) is 1.91. The van der Waals surface area contributed by atoms with E-state index in [1.54, 1.807) is 0 Å². The summed E-state index contributed by atoms with van der Waals surface area (Å²) in [5, 5.41) is 3.31. The topological polar surface area (TPSA) is 24.5 Å². The summed E-state index contributed by atoms with van der Waals surface area (Å²) in [5.41, 5.74) is 0. The highest BCUT2D eigenvalue weighted by molar-refractivity contribution is 4.78. The summed E-state index contributed by atoms with van der Waals surface area (Å²) in [6, 6.07) is 0.616. The molecule has 1 rings (SSSR count). The van der Waals surface area contributed by atoms with E-state index in [1.807, 2.05) is 18.7 Å². The zero-order chi connectivity index (χ0) is 12.2. The first-order valence-corrected chi connectivity index (χ1v) is 5.56. The van der Waals surface area contributed by atoms with Gasteiger partial charge in [-0.3, -0.25) is 9.64 Å². The van der Waals surface area contributed by atoms with Gasteiger partial charge in [0.05, 0.1) is 6.61 Å². The van der Waals surface area contributed by atoms with E-state index in [0.29, 0.717) is 18.6 Å². The van der Waals surface area contributed by atoms with Crippen molar-refractivity contribution in [2.24, 2.45) is 0 Å². The minimum Gasteiger partial charge on any atom is -0.313 e. The van der Waals surface area contributed by atoms with Gasteiger partial charge in [0.1, 0.15) is 0 Å². The van der Waals surface area contributed by atoms with Gasteiger partial charge in [0.15, 0.2) is 0 Å². The summed E-state index contributed by atoms with van der Waals surface area (Å²) < 4.78 is 39.2. The number of nitrogens with one attached hydrogen (secondary N) is 1. The number of rotatable bonds is 3. The summed E-state index contributed by atoms with van der Waals surface area (Å²) in [5.74, 6) is 0. The Hall–Kier alpha value is -0.330. The molecule has 0 bridgehead atoms. The van der Waals surface area contributed by atoms with Gasteiger partial charge in [-0.25, -0.2) is 0 Å². The molecule has 16 heavy (non-hydrogen) atoms. The first-order chi connectivity index (χ1) is 7.38. The summed E-state index contributed by atoms with van der Waals surface area (Å²) in [4.78, 5) is 2.04. The van der Waals surface area contributed by atoms with E-state index in [2.05, 4.69) is 10.1 Å². The van der Waals surface area contributed by atoms with Gasteiger partial charge in [-0.2, -0.15) is 0 Å². The molecule has 0 aromatic heterocycles. The van der Waals surface area contributed by atoms with Crippen molar-refractivity contribution in [1.82, 2.24) is 10.2 Å². The van der Waals surface area contributed by atoms with Crippen LogP contribution in [0.1, 0.15) is 20.3 Å². The van der Waals surface area contributed by atoms with E-state index in [-0.39, 0.29) is 6.61 Å². The molecule has 96 valence electrons. The van der Waals surface area contributed by atoms with Crippen LogP contribution in [-0.4, -0.2) is 49.6 Å². The van der Waals surface area contributed by atoms with Crippen molar-refractivity contribution in [3.63, 3.8) is 0 Å². The summed E-state index contributed by atoms with van der Waals surface area (Å²) in [6.45, 7) is 5.79. The highest BCUT2D eigenvalue weighted by atomic mass is 19.4. The largest absolute Gasteiger partial charge is 0.522 e. The molecule has 1 saturated heterocycles. The van der Waals surface area contributed by atoms with Crippen LogP contribution in [0.3, 0.4) is 0 Å². The Labute approximate surface area is 93.9 Å². The fourth-order valence-corrected chi connectivity index (χ4v) is 1.91. The molecular weight excluding hydrogens is 221 g/mol. The van der Waals surface area contributed by atoms with Gasteiger partial charge in [0.25, 0.3) is 0 Å². The zero-order valence-corrected chi connectivity index (χ0v) is 9.68. The van der Waals surface area contributed by atoms with Gasteiger partial charge in [0.2, 0.25) is 0 Å². The molecule has 0 spiro atoms. The van der Waals surface area contributed by atoms with E-state index < -0.39 is 6.36 Å². The maximum absolute atomic E-state index is 11.8. The number of halogens is 3. The lowest BCUT2D eigenvalue weighted by atomic mass is 10.2. The predicted molar refractivity (Wildman–Crippen MR) is 55.1 cm³/mol. The summed E-state index contributed by atoms with van der Waals surface area (Å²) in [6.07, 6.45) is -3.56. The van der Waals surface area contributed by atoms with E-state index >= 15 is 0 Å². The Bertz CT molecular complexity index is 211. The highest BCUT2D eigenvalue weighted by Crippen LogP contribution is 2.16. The van der Waals surface area contributed by atoms with Crippen molar-refractivity contribution in [1.29, 1.82) is 0 Å². The molecule has 0 aliphatic carbocycles. The van der Waals surface area contributed by atoms with Crippen molar-refractivity contribution < 1.29 is 17.9 Å². The molecule has 6 heteroatoms. The van der Waals surface area contributed by atoms with Crippen molar-refractivity contribution in [2.45, 2.75) is 38.7 Å². The second-order valence-electron chi connectivity index (χ2n) is 4.28. The van der Waals surface area contributed by atoms with Crippen LogP contribution in [0, 0.1) is 0 Å². The second-order valence-corrected chi connectivity index (χ2v) is 4.28. The third-order valence-corrected chi connectivity index (χ3v) is 2.83. The molecule has 1 heterocycles. The van der Waals surface area contributed by atoms with Gasteiger partial charge in [-0.15, -0.1) is 13.2 Å². The average molecular weight is 240 g/mol. The van der Waals surface area contributed by atoms with Crippen LogP contribution in [0.5, 0.6) is 0 Å². The molecule has 0 aromatic carbocycles. The van der Waals surface area contributed by atoms with E-state index in [4.69, 9.17) is 0 Å². The van der Waals surface area contributed by atoms with E-state index in [9.17, 15) is 13.2 Å². The highest BCUT2D eigenvalue weighted by Gasteiger charge is 2.29. The Balaban J connectivity index is 2.32. The molecule has 1 aliphatic rings. The molecule has 0 radical (unpaired) electrons. The number of ether oxygens (including phenoxy) is 1. The molecule has 3 nitrogen and oxygen atoms in total. The van der Waals surface area contributed by atoms with Gasteiger partial charge >= 0.3 is 6.36 Å². The molecule has 1 N–H and O–H groups in total. The Morgan fingerprint density at radius 3 is 2.69 bits per heavy atom. The van der Waals surface area contributed by atoms with Gasteiger partial charge in [-0.1, -0.05) is 0 Å². The molecule has 2 unspecified atom stereocenters. The Morgan fingerprint density at radius 1 is 1.38 bits per heavy atom. The third kappa shape index (κ3) is 5.14. The maximum Gasteiger partial charge on any atom is 0.522 e. The number of hydrogen-bond donors (Lipinski definition) is 1. The lowest BCUT2D eigenvalue weighted by molar-refractivity contribution is -0.325. The van der Waals surface area contributed by atoms with Crippen molar-refractivity contribution >= 4 is 0 Å². The van der Waals surface area contributed by atoms with Crippen molar-refractivity contribution in [3.05, 3.63) is 0 Å². The minimum absolute atomic E-state index is 0.291. The van der Waals surface area contributed by atoms with E-state index in [0.717, 1.165) is 19.5 Å².